The Balaban J connectivity index is 2.09. The molecular formula is C13H23N3O2. The third-order valence-electron chi connectivity index (χ3n) is 4.16. The molecule has 18 heavy (non-hydrogen) atoms. The summed E-state index contributed by atoms with van der Waals surface area (Å²) in [4.78, 5) is 4.40. The second-order valence-electron chi connectivity index (χ2n) is 5.34. The van der Waals surface area contributed by atoms with E-state index in [1.54, 1.807) is 7.11 Å². The average Bonchev–Trinajstić information content (AvgIpc) is 2.89. The van der Waals surface area contributed by atoms with Gasteiger partial charge in [-0.05, 0) is 38.5 Å². The summed E-state index contributed by atoms with van der Waals surface area (Å²) in [6, 6.07) is 0. The highest BCUT2D eigenvalue weighted by Gasteiger charge is 2.37. The molecule has 2 N–H and O–H groups in total. The van der Waals surface area contributed by atoms with Gasteiger partial charge in [-0.25, -0.2) is 0 Å². The molecule has 0 amide bonds. The molecule has 1 aromatic heterocycles. The molecule has 0 spiro atoms. The van der Waals surface area contributed by atoms with Crippen LogP contribution in [0.5, 0.6) is 0 Å². The molecule has 5 heteroatoms. The molecule has 1 aliphatic carbocycles. The van der Waals surface area contributed by atoms with Gasteiger partial charge >= 0.3 is 0 Å². The summed E-state index contributed by atoms with van der Waals surface area (Å²) in [7, 11) is 1.62. The Morgan fingerprint density at radius 3 is 2.72 bits per heavy atom. The Morgan fingerprint density at radius 1 is 1.50 bits per heavy atom. The topological polar surface area (TPSA) is 74.2 Å². The van der Waals surface area contributed by atoms with Crippen LogP contribution in [-0.2, 0) is 10.3 Å². The van der Waals surface area contributed by atoms with Gasteiger partial charge in [0.15, 0.2) is 5.82 Å². The maximum Gasteiger partial charge on any atom is 0.255 e. The molecule has 1 aliphatic rings. The molecular weight excluding hydrogens is 230 g/mol. The normalized spacial score (nSPS) is 30.3. The lowest BCUT2D eigenvalue weighted by Crippen LogP contribution is -2.41. The summed E-state index contributed by atoms with van der Waals surface area (Å²) in [6.45, 7) is 4.12. The van der Waals surface area contributed by atoms with Crippen molar-refractivity contribution in [2.24, 2.45) is 11.7 Å². The van der Waals surface area contributed by atoms with E-state index >= 15 is 0 Å². The predicted molar refractivity (Wildman–Crippen MR) is 67.8 cm³/mol. The van der Waals surface area contributed by atoms with E-state index < -0.39 is 5.54 Å². The van der Waals surface area contributed by atoms with Crippen LogP contribution >= 0.6 is 0 Å². The van der Waals surface area contributed by atoms with Gasteiger partial charge in [-0.1, -0.05) is 18.5 Å². The van der Waals surface area contributed by atoms with Crippen LogP contribution in [0.15, 0.2) is 4.52 Å². The summed E-state index contributed by atoms with van der Waals surface area (Å²) in [5.74, 6) is 1.94. The molecule has 1 aromatic rings. The van der Waals surface area contributed by atoms with E-state index in [-0.39, 0.29) is 6.10 Å². The number of nitrogens with zero attached hydrogens (tertiary/aromatic N) is 2. The maximum absolute atomic E-state index is 6.43. The molecule has 1 fully saturated rings. The molecule has 0 aromatic carbocycles. The number of rotatable bonds is 4. The van der Waals surface area contributed by atoms with Gasteiger partial charge in [0, 0.05) is 7.11 Å². The van der Waals surface area contributed by atoms with E-state index in [1.807, 2.05) is 6.92 Å². The first-order valence-corrected chi connectivity index (χ1v) is 6.75. The molecule has 0 aliphatic heterocycles. The van der Waals surface area contributed by atoms with E-state index in [0.717, 1.165) is 31.6 Å². The quantitative estimate of drug-likeness (QED) is 0.892. The third kappa shape index (κ3) is 2.57. The first-order valence-electron chi connectivity index (χ1n) is 6.75. The summed E-state index contributed by atoms with van der Waals surface area (Å²) < 4.78 is 10.4. The molecule has 5 nitrogen and oxygen atoms in total. The van der Waals surface area contributed by atoms with Crippen molar-refractivity contribution in [3.63, 3.8) is 0 Å². The average molecular weight is 253 g/mol. The van der Waals surface area contributed by atoms with E-state index in [2.05, 4.69) is 17.1 Å². The van der Waals surface area contributed by atoms with Crippen molar-refractivity contribution in [1.29, 1.82) is 0 Å². The molecule has 0 radical (unpaired) electrons. The Bertz CT molecular complexity index is 383. The molecule has 1 heterocycles. The van der Waals surface area contributed by atoms with Crippen molar-refractivity contribution in [2.45, 2.75) is 57.6 Å². The first kappa shape index (κ1) is 13.5. The lowest BCUT2D eigenvalue weighted by atomic mass is 9.76. The molecule has 2 rings (SSSR count). The van der Waals surface area contributed by atoms with Crippen LogP contribution in [0.25, 0.3) is 0 Å². The second kappa shape index (κ2) is 5.36. The predicted octanol–water partition coefficient (Wildman–Crippen LogP) is 2.53. The minimum Gasteiger partial charge on any atom is -0.372 e. The highest BCUT2D eigenvalue weighted by Crippen LogP contribution is 2.37. The van der Waals surface area contributed by atoms with Crippen molar-refractivity contribution in [3.8, 4) is 0 Å². The molecule has 1 atom stereocenters. The number of hydrogen-bond donors (Lipinski definition) is 1. The maximum atomic E-state index is 6.43. The SMILES string of the molecule is CCC1CCC(N)(c2noc(C(C)OC)n2)CC1. The Kier molecular flexibility index (Phi) is 4.02. The zero-order valence-corrected chi connectivity index (χ0v) is 11.5. The Hall–Kier alpha value is -0.940. The Labute approximate surface area is 108 Å². The number of methoxy groups -OCH3 is 1. The smallest absolute Gasteiger partial charge is 0.255 e. The van der Waals surface area contributed by atoms with Crippen molar-refractivity contribution < 1.29 is 9.26 Å². The summed E-state index contributed by atoms with van der Waals surface area (Å²) >= 11 is 0. The Morgan fingerprint density at radius 2 is 2.17 bits per heavy atom. The fourth-order valence-electron chi connectivity index (χ4n) is 2.53. The summed E-state index contributed by atoms with van der Waals surface area (Å²) in [5, 5.41) is 4.04. The van der Waals surface area contributed by atoms with Crippen LogP contribution in [0, 0.1) is 5.92 Å². The molecule has 1 saturated carbocycles. The first-order chi connectivity index (χ1) is 8.59. The molecule has 102 valence electrons. The van der Waals surface area contributed by atoms with Crippen molar-refractivity contribution in [1.82, 2.24) is 10.1 Å². The van der Waals surface area contributed by atoms with E-state index in [4.69, 9.17) is 15.0 Å². The van der Waals surface area contributed by atoms with E-state index in [1.165, 1.54) is 6.42 Å². The third-order valence-corrected chi connectivity index (χ3v) is 4.16. The summed E-state index contributed by atoms with van der Waals surface area (Å²) in [5.41, 5.74) is 6.01. The monoisotopic (exact) mass is 253 g/mol. The van der Waals surface area contributed by atoms with Gasteiger partial charge in [-0.15, -0.1) is 0 Å². The number of nitrogens with two attached hydrogens (primary N) is 1. The van der Waals surface area contributed by atoms with Crippen LogP contribution in [0.1, 0.15) is 63.8 Å². The molecule has 1 unspecified atom stereocenters. The van der Waals surface area contributed by atoms with Crippen LogP contribution in [0.4, 0.5) is 0 Å². The highest BCUT2D eigenvalue weighted by molar-refractivity contribution is 5.06. The fourth-order valence-corrected chi connectivity index (χ4v) is 2.53. The van der Waals surface area contributed by atoms with Gasteiger partial charge in [0.1, 0.15) is 6.10 Å². The zero-order valence-electron chi connectivity index (χ0n) is 11.5. The van der Waals surface area contributed by atoms with E-state index in [9.17, 15) is 0 Å². The molecule has 0 saturated heterocycles. The van der Waals surface area contributed by atoms with Crippen molar-refractivity contribution in [2.75, 3.05) is 7.11 Å². The number of ether oxygens (including phenoxy) is 1. The van der Waals surface area contributed by atoms with Gasteiger partial charge in [0.05, 0.1) is 5.54 Å². The van der Waals surface area contributed by atoms with Crippen molar-refractivity contribution >= 4 is 0 Å². The summed E-state index contributed by atoms with van der Waals surface area (Å²) in [6.07, 6.45) is 5.22. The van der Waals surface area contributed by atoms with Gasteiger partial charge in [0.25, 0.3) is 5.89 Å². The lowest BCUT2D eigenvalue weighted by molar-refractivity contribution is 0.0885. The van der Waals surface area contributed by atoms with Gasteiger partial charge in [-0.2, -0.15) is 4.98 Å². The minimum absolute atomic E-state index is 0.179. The number of hydrogen-bond acceptors (Lipinski definition) is 5. The highest BCUT2D eigenvalue weighted by atomic mass is 16.5. The van der Waals surface area contributed by atoms with Gasteiger partial charge in [0.2, 0.25) is 0 Å². The van der Waals surface area contributed by atoms with Crippen LogP contribution in [-0.4, -0.2) is 17.3 Å². The fraction of sp³-hybridized carbons (Fsp3) is 0.846. The molecule has 0 bridgehead atoms. The number of aromatic nitrogens is 2. The standard InChI is InChI=1S/C13H23N3O2/c1-4-10-5-7-13(14,8-6-10)12-15-11(18-16-12)9(2)17-3/h9-10H,4-8,14H2,1-3H3. The van der Waals surface area contributed by atoms with E-state index in [0.29, 0.717) is 11.7 Å². The van der Waals surface area contributed by atoms with Gasteiger partial charge in [-0.3, -0.25) is 0 Å². The lowest BCUT2D eigenvalue weighted by Gasteiger charge is -2.34. The second-order valence-corrected chi connectivity index (χ2v) is 5.34. The largest absolute Gasteiger partial charge is 0.372 e. The van der Waals surface area contributed by atoms with Crippen LogP contribution in [0.3, 0.4) is 0 Å². The van der Waals surface area contributed by atoms with Crippen LogP contribution < -0.4 is 5.73 Å². The van der Waals surface area contributed by atoms with Crippen LogP contribution in [0.2, 0.25) is 0 Å². The van der Waals surface area contributed by atoms with Gasteiger partial charge < -0.3 is 15.0 Å². The zero-order chi connectivity index (χ0) is 13.2. The van der Waals surface area contributed by atoms with Crippen molar-refractivity contribution in [3.05, 3.63) is 11.7 Å². The minimum atomic E-state index is -0.416.